The van der Waals surface area contributed by atoms with Crippen molar-refractivity contribution in [3.05, 3.63) is 35.4 Å². The molecule has 0 unspecified atom stereocenters. The van der Waals surface area contributed by atoms with Crippen LogP contribution in [0.15, 0.2) is 18.2 Å². The fourth-order valence-electron chi connectivity index (χ4n) is 1.57. The van der Waals surface area contributed by atoms with E-state index in [0.29, 0.717) is 23.8 Å². The van der Waals surface area contributed by atoms with E-state index in [-0.39, 0.29) is 11.5 Å². The van der Waals surface area contributed by atoms with E-state index in [0.717, 1.165) is 6.07 Å². The summed E-state index contributed by atoms with van der Waals surface area (Å²) in [5.74, 6) is 0.135. The highest BCUT2D eigenvalue weighted by Gasteiger charge is 2.11. The van der Waals surface area contributed by atoms with E-state index in [4.69, 9.17) is 0 Å². The van der Waals surface area contributed by atoms with Gasteiger partial charge in [-0.15, -0.1) is 5.10 Å². The zero-order valence-corrected chi connectivity index (χ0v) is 11.1. The summed E-state index contributed by atoms with van der Waals surface area (Å²) in [6.07, 6.45) is 0. The van der Waals surface area contributed by atoms with Crippen LogP contribution in [0.5, 0.6) is 0 Å². The maximum absolute atomic E-state index is 13.6. The van der Waals surface area contributed by atoms with Crippen molar-refractivity contribution >= 4 is 18.5 Å². The topological polar surface area (TPSA) is 72.7 Å². The van der Waals surface area contributed by atoms with Crippen LogP contribution in [0.3, 0.4) is 0 Å². The summed E-state index contributed by atoms with van der Waals surface area (Å²) in [7, 11) is 0. The molecule has 0 aliphatic rings. The minimum atomic E-state index is -0.525. The second-order valence-electron chi connectivity index (χ2n) is 3.82. The van der Waals surface area contributed by atoms with Crippen LogP contribution in [0.4, 0.5) is 4.39 Å². The third kappa shape index (κ3) is 3.08. The number of benzene rings is 1. The molecule has 1 N–H and O–H groups in total. The van der Waals surface area contributed by atoms with Crippen LogP contribution in [-0.2, 0) is 0 Å². The van der Waals surface area contributed by atoms with Gasteiger partial charge < -0.3 is 5.32 Å². The molecule has 0 bridgehead atoms. The summed E-state index contributed by atoms with van der Waals surface area (Å²) < 4.78 is 14.9. The Hall–Kier alpha value is -1.96. The van der Waals surface area contributed by atoms with Gasteiger partial charge in [-0.05, 0) is 35.5 Å². The Morgan fingerprint density at radius 1 is 1.47 bits per heavy atom. The van der Waals surface area contributed by atoms with Gasteiger partial charge in [0.1, 0.15) is 5.82 Å². The van der Waals surface area contributed by atoms with Crippen molar-refractivity contribution in [2.24, 2.45) is 0 Å². The number of tetrazole rings is 1. The monoisotopic (exact) mass is 281 g/mol. The van der Waals surface area contributed by atoms with Crippen LogP contribution in [-0.4, -0.2) is 38.4 Å². The average molecular weight is 281 g/mol. The Labute approximate surface area is 114 Å². The number of rotatable bonds is 4. The van der Waals surface area contributed by atoms with Gasteiger partial charge in [-0.2, -0.15) is 17.3 Å². The Kier molecular flexibility index (Phi) is 4.10. The zero-order chi connectivity index (χ0) is 13.8. The molecule has 8 heteroatoms. The summed E-state index contributed by atoms with van der Waals surface area (Å²) in [6.45, 7) is 2.10. The summed E-state index contributed by atoms with van der Waals surface area (Å²) in [6, 6.07) is 3.95. The van der Waals surface area contributed by atoms with E-state index >= 15 is 0 Å². The highest BCUT2D eigenvalue weighted by atomic mass is 32.1. The molecule has 0 aliphatic carbocycles. The van der Waals surface area contributed by atoms with Gasteiger partial charge in [-0.1, -0.05) is 0 Å². The van der Waals surface area contributed by atoms with E-state index in [2.05, 4.69) is 33.5 Å². The molecule has 0 saturated carbocycles. The minimum absolute atomic E-state index is 0.215. The number of carbonyl (C=O) groups is 1. The first-order chi connectivity index (χ1) is 9.11. The Bertz CT molecular complexity index is 601. The second-order valence-corrected chi connectivity index (χ2v) is 4.26. The summed E-state index contributed by atoms with van der Waals surface area (Å²) in [5.41, 5.74) is 0.616. The molecule has 1 amide bonds. The SMILES string of the molecule is Cc1nnnn1-c1cc(F)cc(C(=O)NCCS)c1. The number of aromatic nitrogens is 4. The van der Waals surface area contributed by atoms with Crippen LogP contribution >= 0.6 is 12.6 Å². The number of halogens is 1. The molecule has 1 aromatic heterocycles. The molecular formula is C11H12FN5OS. The van der Waals surface area contributed by atoms with Crippen molar-refractivity contribution in [1.82, 2.24) is 25.5 Å². The van der Waals surface area contributed by atoms with E-state index < -0.39 is 5.82 Å². The minimum Gasteiger partial charge on any atom is -0.351 e. The van der Waals surface area contributed by atoms with E-state index in [1.54, 1.807) is 6.92 Å². The van der Waals surface area contributed by atoms with Crippen LogP contribution in [0, 0.1) is 12.7 Å². The fourth-order valence-corrected chi connectivity index (χ4v) is 1.68. The summed E-state index contributed by atoms with van der Waals surface area (Å²) in [5, 5.41) is 13.6. The lowest BCUT2D eigenvalue weighted by Crippen LogP contribution is -2.25. The molecule has 0 spiro atoms. The Morgan fingerprint density at radius 3 is 2.89 bits per heavy atom. The molecule has 2 aromatic rings. The third-order valence-corrected chi connectivity index (χ3v) is 2.64. The first kappa shape index (κ1) is 13.5. The standard InChI is InChI=1S/C11H12FN5OS/c1-7-14-15-16-17(7)10-5-8(4-9(12)6-10)11(18)13-2-3-19/h4-6,19H,2-3H2,1H3,(H,13,18). The van der Waals surface area contributed by atoms with Crippen molar-refractivity contribution in [2.75, 3.05) is 12.3 Å². The van der Waals surface area contributed by atoms with Gasteiger partial charge in [0.15, 0.2) is 5.82 Å². The number of aryl methyl sites for hydroxylation is 1. The number of nitrogens with zero attached hydrogens (tertiary/aromatic N) is 4. The zero-order valence-electron chi connectivity index (χ0n) is 10.2. The smallest absolute Gasteiger partial charge is 0.251 e. The predicted molar refractivity (Wildman–Crippen MR) is 70.0 cm³/mol. The molecule has 0 atom stereocenters. The van der Waals surface area contributed by atoms with Crippen LogP contribution < -0.4 is 5.32 Å². The summed E-state index contributed by atoms with van der Waals surface area (Å²) in [4.78, 5) is 11.8. The third-order valence-electron chi connectivity index (χ3n) is 2.41. The average Bonchev–Trinajstić information content (AvgIpc) is 2.81. The van der Waals surface area contributed by atoms with Crippen LogP contribution in [0.1, 0.15) is 16.2 Å². The van der Waals surface area contributed by atoms with Crippen molar-refractivity contribution in [3.8, 4) is 5.69 Å². The molecule has 19 heavy (non-hydrogen) atoms. The molecule has 0 aliphatic heterocycles. The van der Waals surface area contributed by atoms with Crippen LogP contribution in [0.25, 0.3) is 5.69 Å². The van der Waals surface area contributed by atoms with Gasteiger partial charge in [0, 0.05) is 17.9 Å². The van der Waals surface area contributed by atoms with Crippen molar-refractivity contribution in [1.29, 1.82) is 0 Å². The maximum atomic E-state index is 13.6. The molecule has 0 saturated heterocycles. The lowest BCUT2D eigenvalue weighted by atomic mass is 10.2. The van der Waals surface area contributed by atoms with E-state index in [1.165, 1.54) is 16.8 Å². The Morgan fingerprint density at radius 2 is 2.26 bits per heavy atom. The molecule has 2 rings (SSSR count). The van der Waals surface area contributed by atoms with Crippen molar-refractivity contribution < 1.29 is 9.18 Å². The van der Waals surface area contributed by atoms with Gasteiger partial charge in [-0.25, -0.2) is 4.39 Å². The number of carbonyl (C=O) groups excluding carboxylic acids is 1. The summed E-state index contributed by atoms with van der Waals surface area (Å²) >= 11 is 3.99. The van der Waals surface area contributed by atoms with Crippen molar-refractivity contribution in [2.45, 2.75) is 6.92 Å². The number of thiol groups is 1. The predicted octanol–water partition coefficient (Wildman–Crippen LogP) is 0.769. The van der Waals surface area contributed by atoms with Gasteiger partial charge in [0.2, 0.25) is 0 Å². The number of nitrogens with one attached hydrogen (secondary N) is 1. The molecule has 100 valence electrons. The highest BCUT2D eigenvalue weighted by Crippen LogP contribution is 2.13. The second kappa shape index (κ2) is 5.79. The highest BCUT2D eigenvalue weighted by molar-refractivity contribution is 7.80. The molecule has 0 radical (unpaired) electrons. The first-order valence-electron chi connectivity index (χ1n) is 5.57. The number of amides is 1. The number of hydrogen-bond donors (Lipinski definition) is 2. The molecule has 6 nitrogen and oxygen atoms in total. The largest absolute Gasteiger partial charge is 0.351 e. The lowest BCUT2D eigenvalue weighted by Gasteiger charge is -2.07. The quantitative estimate of drug-likeness (QED) is 0.812. The molecular weight excluding hydrogens is 269 g/mol. The van der Waals surface area contributed by atoms with Crippen LogP contribution in [0.2, 0.25) is 0 Å². The van der Waals surface area contributed by atoms with Gasteiger partial charge in [-0.3, -0.25) is 4.79 Å². The van der Waals surface area contributed by atoms with Gasteiger partial charge in [0.05, 0.1) is 5.69 Å². The molecule has 1 heterocycles. The number of hydrogen-bond acceptors (Lipinski definition) is 5. The first-order valence-corrected chi connectivity index (χ1v) is 6.20. The van der Waals surface area contributed by atoms with E-state index in [9.17, 15) is 9.18 Å². The Balaban J connectivity index is 2.35. The molecule has 1 aromatic carbocycles. The fraction of sp³-hybridized carbons (Fsp3) is 0.273. The maximum Gasteiger partial charge on any atom is 0.251 e. The van der Waals surface area contributed by atoms with Gasteiger partial charge >= 0.3 is 0 Å². The van der Waals surface area contributed by atoms with E-state index in [1.807, 2.05) is 0 Å². The normalized spacial score (nSPS) is 10.5. The van der Waals surface area contributed by atoms with Crippen molar-refractivity contribution in [3.63, 3.8) is 0 Å². The van der Waals surface area contributed by atoms with Gasteiger partial charge in [0.25, 0.3) is 5.91 Å². The molecule has 0 fully saturated rings. The lowest BCUT2D eigenvalue weighted by molar-refractivity contribution is 0.0955.